The number of rotatable bonds is 3. The highest BCUT2D eigenvalue weighted by atomic mass is 16.4. The maximum atomic E-state index is 12.0. The Hall–Kier alpha value is -2.11. The number of nitrogens with zero attached hydrogens (tertiary/aromatic N) is 2. The number of pyridine rings is 1. The second kappa shape index (κ2) is 5.69. The average molecular weight is 264 g/mol. The number of carbonyl (C=O) groups excluding carboxylic acids is 1. The topological polar surface area (TPSA) is 79.6 Å². The Morgan fingerprint density at radius 3 is 2.47 bits per heavy atom. The number of likely N-dealkylation sites (tertiary alicyclic amines) is 1. The van der Waals surface area contributed by atoms with E-state index in [-0.39, 0.29) is 18.0 Å². The fourth-order valence-electron chi connectivity index (χ4n) is 2.16. The molecule has 1 saturated heterocycles. The highest BCUT2D eigenvalue weighted by molar-refractivity contribution is 5.87. The Bertz CT molecular complexity index is 544. The molecule has 2 heterocycles. The molecule has 1 N–H and O–H groups in total. The minimum absolute atomic E-state index is 0.0290. The summed E-state index contributed by atoms with van der Waals surface area (Å²) in [6.07, 6.45) is 4.49. The zero-order valence-corrected chi connectivity index (χ0v) is 10.5. The van der Waals surface area contributed by atoms with Crippen LogP contribution < -0.4 is 5.56 Å². The largest absolute Gasteiger partial charge is 0.478 e. The molecule has 0 bridgehead atoms. The Labute approximate surface area is 110 Å². The van der Waals surface area contributed by atoms with Crippen LogP contribution in [-0.2, 0) is 11.3 Å². The molecule has 1 aromatic rings. The molecular weight excluding hydrogens is 248 g/mol. The van der Waals surface area contributed by atoms with E-state index in [9.17, 15) is 14.4 Å². The standard InChI is InChI=1S/C13H16N2O4/c16-11-8-10(13(18)19)4-7-15(11)9-12(17)14-5-2-1-3-6-14/h4,7-8H,1-3,5-6,9H2,(H,18,19). The van der Waals surface area contributed by atoms with Gasteiger partial charge in [0.05, 0.1) is 5.56 Å². The van der Waals surface area contributed by atoms with Crippen LogP contribution in [0.1, 0.15) is 29.6 Å². The van der Waals surface area contributed by atoms with Gasteiger partial charge in [0.1, 0.15) is 6.54 Å². The lowest BCUT2D eigenvalue weighted by molar-refractivity contribution is -0.132. The van der Waals surface area contributed by atoms with Gasteiger partial charge in [-0.3, -0.25) is 9.59 Å². The monoisotopic (exact) mass is 264 g/mol. The Balaban J connectivity index is 2.08. The lowest BCUT2D eigenvalue weighted by Crippen LogP contribution is -2.39. The van der Waals surface area contributed by atoms with E-state index in [1.165, 1.54) is 16.8 Å². The molecule has 0 radical (unpaired) electrons. The maximum absolute atomic E-state index is 12.0. The van der Waals surface area contributed by atoms with Crippen LogP contribution in [0.25, 0.3) is 0 Å². The number of carboxylic acids is 1. The summed E-state index contributed by atoms with van der Waals surface area (Å²) < 4.78 is 1.24. The lowest BCUT2D eigenvalue weighted by Gasteiger charge is -2.26. The van der Waals surface area contributed by atoms with E-state index in [0.717, 1.165) is 38.4 Å². The van der Waals surface area contributed by atoms with Crippen molar-refractivity contribution < 1.29 is 14.7 Å². The first-order chi connectivity index (χ1) is 9.08. The van der Waals surface area contributed by atoms with E-state index < -0.39 is 11.5 Å². The maximum Gasteiger partial charge on any atom is 0.335 e. The SMILES string of the molecule is O=C(O)c1ccn(CC(=O)N2CCCCC2)c(=O)c1. The molecule has 2 rings (SSSR count). The molecule has 1 aromatic heterocycles. The third-order valence-corrected chi connectivity index (χ3v) is 3.26. The summed E-state index contributed by atoms with van der Waals surface area (Å²) in [6.45, 7) is 1.44. The predicted octanol–water partition coefficient (Wildman–Crippen LogP) is 0.559. The van der Waals surface area contributed by atoms with Crippen LogP contribution in [0.2, 0.25) is 0 Å². The van der Waals surface area contributed by atoms with Crippen molar-refractivity contribution in [2.45, 2.75) is 25.8 Å². The van der Waals surface area contributed by atoms with Gasteiger partial charge in [0.2, 0.25) is 5.91 Å². The van der Waals surface area contributed by atoms with Crippen molar-refractivity contribution in [1.82, 2.24) is 9.47 Å². The van der Waals surface area contributed by atoms with E-state index >= 15 is 0 Å². The molecule has 1 aliphatic heterocycles. The van der Waals surface area contributed by atoms with Gasteiger partial charge in [0, 0.05) is 25.4 Å². The van der Waals surface area contributed by atoms with Crippen LogP contribution in [0.5, 0.6) is 0 Å². The summed E-state index contributed by atoms with van der Waals surface area (Å²) in [5.74, 6) is -1.24. The highest BCUT2D eigenvalue weighted by Crippen LogP contribution is 2.09. The number of hydrogen-bond donors (Lipinski definition) is 1. The summed E-state index contributed by atoms with van der Waals surface area (Å²) in [5.41, 5.74) is -0.531. The normalized spacial score (nSPS) is 15.3. The summed E-state index contributed by atoms with van der Waals surface area (Å²) in [5, 5.41) is 8.76. The predicted molar refractivity (Wildman–Crippen MR) is 68.1 cm³/mol. The van der Waals surface area contributed by atoms with Gasteiger partial charge in [-0.15, -0.1) is 0 Å². The van der Waals surface area contributed by atoms with Crippen molar-refractivity contribution >= 4 is 11.9 Å². The van der Waals surface area contributed by atoms with Crippen LogP contribution in [0, 0.1) is 0 Å². The zero-order chi connectivity index (χ0) is 13.8. The molecule has 0 aliphatic carbocycles. The van der Waals surface area contributed by atoms with Gasteiger partial charge in [-0.1, -0.05) is 0 Å². The Kier molecular flexibility index (Phi) is 3.99. The summed E-state index contributed by atoms with van der Waals surface area (Å²) in [7, 11) is 0. The second-order valence-corrected chi connectivity index (χ2v) is 4.63. The fraction of sp³-hybridized carbons (Fsp3) is 0.462. The minimum Gasteiger partial charge on any atom is -0.478 e. The van der Waals surface area contributed by atoms with Gasteiger partial charge in [0.25, 0.3) is 5.56 Å². The quantitative estimate of drug-likeness (QED) is 0.865. The number of aromatic carboxylic acids is 1. The van der Waals surface area contributed by atoms with Crippen molar-refractivity contribution in [3.8, 4) is 0 Å². The molecular formula is C13H16N2O4. The fourth-order valence-corrected chi connectivity index (χ4v) is 2.16. The van der Waals surface area contributed by atoms with Crippen LogP contribution in [-0.4, -0.2) is 39.5 Å². The molecule has 6 heteroatoms. The molecule has 1 fully saturated rings. The van der Waals surface area contributed by atoms with E-state index in [1.807, 2.05) is 0 Å². The van der Waals surface area contributed by atoms with E-state index in [2.05, 4.69) is 0 Å². The van der Waals surface area contributed by atoms with Crippen molar-refractivity contribution in [2.75, 3.05) is 13.1 Å². The van der Waals surface area contributed by atoms with E-state index in [0.29, 0.717) is 0 Å². The zero-order valence-electron chi connectivity index (χ0n) is 10.5. The first-order valence-corrected chi connectivity index (χ1v) is 6.29. The minimum atomic E-state index is -1.15. The number of amides is 1. The highest BCUT2D eigenvalue weighted by Gasteiger charge is 2.17. The van der Waals surface area contributed by atoms with Crippen LogP contribution in [0.4, 0.5) is 0 Å². The van der Waals surface area contributed by atoms with Crippen molar-refractivity contribution in [3.63, 3.8) is 0 Å². The first kappa shape index (κ1) is 13.3. The molecule has 6 nitrogen and oxygen atoms in total. The summed E-state index contributed by atoms with van der Waals surface area (Å²) in [6, 6.07) is 2.36. The number of hydrogen-bond acceptors (Lipinski definition) is 3. The number of aromatic nitrogens is 1. The summed E-state index contributed by atoms with van der Waals surface area (Å²) >= 11 is 0. The van der Waals surface area contributed by atoms with Gasteiger partial charge in [-0.25, -0.2) is 4.79 Å². The third kappa shape index (κ3) is 3.21. The molecule has 0 unspecified atom stereocenters. The number of carboxylic acid groups (broad SMARTS) is 1. The molecule has 0 aromatic carbocycles. The van der Waals surface area contributed by atoms with Gasteiger partial charge in [0.15, 0.2) is 0 Å². The average Bonchev–Trinajstić information content (AvgIpc) is 2.41. The molecule has 0 saturated carbocycles. The van der Waals surface area contributed by atoms with Crippen molar-refractivity contribution in [1.29, 1.82) is 0 Å². The third-order valence-electron chi connectivity index (χ3n) is 3.26. The van der Waals surface area contributed by atoms with Gasteiger partial charge >= 0.3 is 5.97 Å². The van der Waals surface area contributed by atoms with Crippen LogP contribution in [0.3, 0.4) is 0 Å². The molecule has 1 amide bonds. The van der Waals surface area contributed by atoms with Crippen LogP contribution in [0.15, 0.2) is 23.1 Å². The number of piperidine rings is 1. The summed E-state index contributed by atoms with van der Waals surface area (Å²) in [4.78, 5) is 36.1. The van der Waals surface area contributed by atoms with E-state index in [1.54, 1.807) is 4.90 Å². The number of carbonyl (C=O) groups is 2. The second-order valence-electron chi connectivity index (χ2n) is 4.63. The molecule has 0 atom stereocenters. The van der Waals surface area contributed by atoms with Gasteiger partial charge in [-0.05, 0) is 25.3 Å². The van der Waals surface area contributed by atoms with E-state index in [4.69, 9.17) is 5.11 Å². The Morgan fingerprint density at radius 2 is 1.89 bits per heavy atom. The van der Waals surface area contributed by atoms with Crippen LogP contribution >= 0.6 is 0 Å². The molecule has 1 aliphatic rings. The van der Waals surface area contributed by atoms with Crippen molar-refractivity contribution in [2.24, 2.45) is 0 Å². The smallest absolute Gasteiger partial charge is 0.335 e. The first-order valence-electron chi connectivity index (χ1n) is 6.29. The molecule has 0 spiro atoms. The Morgan fingerprint density at radius 1 is 1.21 bits per heavy atom. The molecule has 19 heavy (non-hydrogen) atoms. The molecule has 102 valence electrons. The lowest BCUT2D eigenvalue weighted by atomic mass is 10.1. The van der Waals surface area contributed by atoms with Gasteiger partial charge < -0.3 is 14.6 Å². The van der Waals surface area contributed by atoms with Gasteiger partial charge in [-0.2, -0.15) is 0 Å². The van der Waals surface area contributed by atoms with Crippen molar-refractivity contribution in [3.05, 3.63) is 34.2 Å².